The van der Waals surface area contributed by atoms with Crippen LogP contribution in [0.15, 0.2) is 77.3 Å². The summed E-state index contributed by atoms with van der Waals surface area (Å²) < 4.78 is 27.8. The third-order valence-electron chi connectivity index (χ3n) is 6.54. The maximum Gasteiger partial charge on any atom is 0.244 e. The Labute approximate surface area is 240 Å². The van der Waals surface area contributed by atoms with Gasteiger partial charge >= 0.3 is 0 Å². The minimum atomic E-state index is -3.79. The van der Waals surface area contributed by atoms with Crippen molar-refractivity contribution in [1.82, 2.24) is 10.2 Å². The van der Waals surface area contributed by atoms with Gasteiger partial charge in [0.15, 0.2) is 0 Å². The topological polar surface area (TPSA) is 86.8 Å². The summed E-state index contributed by atoms with van der Waals surface area (Å²) >= 11 is 3.44. The predicted octanol–water partition coefficient (Wildman–Crippen LogP) is 5.00. The van der Waals surface area contributed by atoms with Gasteiger partial charge in [-0.1, -0.05) is 71.4 Å². The van der Waals surface area contributed by atoms with Crippen LogP contribution in [0, 0.1) is 13.8 Å². The lowest BCUT2D eigenvalue weighted by Crippen LogP contribution is -2.53. The first-order valence-corrected chi connectivity index (χ1v) is 15.5. The minimum absolute atomic E-state index is 0.147. The van der Waals surface area contributed by atoms with E-state index in [1.165, 1.54) is 4.90 Å². The molecule has 1 N–H and O–H groups in total. The van der Waals surface area contributed by atoms with Gasteiger partial charge < -0.3 is 10.2 Å². The van der Waals surface area contributed by atoms with E-state index >= 15 is 0 Å². The molecule has 0 fully saturated rings. The lowest BCUT2D eigenvalue weighted by atomic mass is 10.0. The first kappa shape index (κ1) is 30.4. The second-order valence-electron chi connectivity index (χ2n) is 9.68. The van der Waals surface area contributed by atoms with Gasteiger partial charge in [0.05, 0.1) is 11.9 Å². The molecule has 3 rings (SSSR count). The number of amides is 2. The molecule has 7 nitrogen and oxygen atoms in total. The van der Waals surface area contributed by atoms with Crippen molar-refractivity contribution in [2.24, 2.45) is 0 Å². The Morgan fingerprint density at radius 2 is 1.59 bits per heavy atom. The van der Waals surface area contributed by atoms with Crippen LogP contribution in [-0.4, -0.2) is 50.5 Å². The molecule has 0 aromatic heterocycles. The number of carbonyl (C=O) groups is 2. The summed E-state index contributed by atoms with van der Waals surface area (Å²) in [4.78, 5) is 29.0. The number of sulfonamides is 1. The maximum atomic E-state index is 14.0. The van der Waals surface area contributed by atoms with Gasteiger partial charge in [-0.05, 0) is 66.8 Å². The zero-order chi connectivity index (χ0) is 28.6. The molecule has 0 aliphatic heterocycles. The van der Waals surface area contributed by atoms with Crippen LogP contribution in [0.25, 0.3) is 0 Å². The summed E-state index contributed by atoms with van der Waals surface area (Å²) in [7, 11) is -3.79. The summed E-state index contributed by atoms with van der Waals surface area (Å²) in [5, 5.41) is 2.94. The fourth-order valence-electron chi connectivity index (χ4n) is 4.20. The summed E-state index contributed by atoms with van der Waals surface area (Å²) in [5.41, 5.74) is 4.07. The normalized spacial score (nSPS) is 12.0. The Morgan fingerprint density at radius 1 is 0.923 bits per heavy atom. The number of benzene rings is 3. The number of hydrogen-bond donors (Lipinski definition) is 1. The smallest absolute Gasteiger partial charge is 0.244 e. The van der Waals surface area contributed by atoms with Crippen molar-refractivity contribution in [3.05, 3.63) is 99.5 Å². The Morgan fingerprint density at radius 3 is 2.18 bits per heavy atom. The molecule has 0 unspecified atom stereocenters. The van der Waals surface area contributed by atoms with Gasteiger partial charge in [0.2, 0.25) is 21.8 Å². The van der Waals surface area contributed by atoms with Crippen LogP contribution in [0.5, 0.6) is 0 Å². The maximum absolute atomic E-state index is 14.0. The van der Waals surface area contributed by atoms with E-state index in [-0.39, 0.29) is 12.5 Å². The summed E-state index contributed by atoms with van der Waals surface area (Å²) in [6, 6.07) is 21.5. The second-order valence-corrected chi connectivity index (χ2v) is 12.5. The highest BCUT2D eigenvalue weighted by atomic mass is 79.9. The Hall–Kier alpha value is -3.17. The highest BCUT2D eigenvalue weighted by molar-refractivity contribution is 9.10. The third kappa shape index (κ3) is 8.66. The SMILES string of the molecule is CCCNC(=O)[C@@H](Cc1ccccc1)N(Cc1ccc(Br)cc1)C(=O)CN(c1ccc(C)c(C)c1)S(C)(=O)=O. The molecule has 1 atom stereocenters. The molecule has 0 spiro atoms. The molecular formula is C30H36BrN3O4S. The number of nitrogens with one attached hydrogen (secondary N) is 1. The molecule has 3 aromatic rings. The molecule has 0 saturated carbocycles. The van der Waals surface area contributed by atoms with Crippen LogP contribution in [0.4, 0.5) is 5.69 Å². The van der Waals surface area contributed by atoms with Gasteiger partial charge in [0, 0.05) is 24.0 Å². The number of carbonyl (C=O) groups excluding carboxylic acids is 2. The average molecular weight is 615 g/mol. The van der Waals surface area contributed by atoms with E-state index in [9.17, 15) is 18.0 Å². The van der Waals surface area contributed by atoms with Crippen LogP contribution >= 0.6 is 15.9 Å². The highest BCUT2D eigenvalue weighted by Crippen LogP contribution is 2.23. The number of nitrogens with zero attached hydrogens (tertiary/aromatic N) is 2. The molecule has 0 aliphatic carbocycles. The van der Waals surface area contributed by atoms with Crippen LogP contribution in [0.2, 0.25) is 0 Å². The quantitative estimate of drug-likeness (QED) is 0.311. The van der Waals surface area contributed by atoms with Gasteiger partial charge in [-0.3, -0.25) is 13.9 Å². The lowest BCUT2D eigenvalue weighted by molar-refractivity contribution is -0.140. The van der Waals surface area contributed by atoms with E-state index in [4.69, 9.17) is 0 Å². The first-order chi connectivity index (χ1) is 18.5. The molecule has 0 radical (unpaired) electrons. The molecule has 0 saturated heterocycles. The molecular weight excluding hydrogens is 578 g/mol. The fraction of sp³-hybridized carbons (Fsp3) is 0.333. The second kappa shape index (κ2) is 13.8. The van der Waals surface area contributed by atoms with Crippen molar-refractivity contribution < 1.29 is 18.0 Å². The molecule has 0 bridgehead atoms. The zero-order valence-corrected chi connectivity index (χ0v) is 25.3. The van der Waals surface area contributed by atoms with Crippen molar-refractivity contribution in [2.45, 2.75) is 46.2 Å². The molecule has 0 aliphatic rings. The van der Waals surface area contributed by atoms with Crippen LogP contribution in [-0.2, 0) is 32.6 Å². The monoisotopic (exact) mass is 613 g/mol. The molecule has 208 valence electrons. The van der Waals surface area contributed by atoms with Crippen LogP contribution in [0.1, 0.15) is 35.6 Å². The first-order valence-electron chi connectivity index (χ1n) is 12.9. The number of aryl methyl sites for hydroxylation is 2. The molecule has 3 aromatic carbocycles. The summed E-state index contributed by atoms with van der Waals surface area (Å²) in [6.45, 7) is 6.00. The molecule has 39 heavy (non-hydrogen) atoms. The standard InChI is InChI=1S/C30H36BrN3O4S/c1-5-17-32-30(36)28(19-24-9-7-6-8-10-24)33(20-25-12-14-26(31)15-13-25)29(35)21-34(39(4,37)38)27-16-11-22(2)23(3)18-27/h6-16,18,28H,5,17,19-21H2,1-4H3,(H,32,36)/t28-/m1/s1. The van der Waals surface area contributed by atoms with Gasteiger partial charge in [-0.2, -0.15) is 0 Å². The van der Waals surface area contributed by atoms with Crippen molar-refractivity contribution in [2.75, 3.05) is 23.7 Å². The average Bonchev–Trinajstić information content (AvgIpc) is 2.90. The van der Waals surface area contributed by atoms with E-state index in [1.807, 2.05) is 81.4 Å². The summed E-state index contributed by atoms with van der Waals surface area (Å²) in [6.07, 6.45) is 2.13. The Bertz CT molecular complexity index is 1380. The van der Waals surface area contributed by atoms with Crippen molar-refractivity contribution in [1.29, 1.82) is 0 Å². The predicted molar refractivity (Wildman–Crippen MR) is 160 cm³/mol. The van der Waals surface area contributed by atoms with Crippen molar-refractivity contribution >= 4 is 43.5 Å². The van der Waals surface area contributed by atoms with Gasteiger partial charge in [-0.25, -0.2) is 8.42 Å². The van der Waals surface area contributed by atoms with E-state index in [2.05, 4.69) is 21.2 Å². The Kier molecular flexibility index (Phi) is 10.7. The molecule has 0 heterocycles. The van der Waals surface area contributed by atoms with Gasteiger partial charge in [0.25, 0.3) is 0 Å². The molecule has 9 heteroatoms. The van der Waals surface area contributed by atoms with Gasteiger partial charge in [-0.15, -0.1) is 0 Å². The van der Waals surface area contributed by atoms with E-state index in [1.54, 1.807) is 12.1 Å². The molecule has 2 amide bonds. The van der Waals surface area contributed by atoms with Crippen LogP contribution in [0.3, 0.4) is 0 Å². The van der Waals surface area contributed by atoms with E-state index in [0.29, 0.717) is 18.7 Å². The fourth-order valence-corrected chi connectivity index (χ4v) is 5.31. The largest absolute Gasteiger partial charge is 0.354 e. The van der Waals surface area contributed by atoms with Crippen LogP contribution < -0.4 is 9.62 Å². The van der Waals surface area contributed by atoms with E-state index in [0.717, 1.165) is 43.7 Å². The van der Waals surface area contributed by atoms with E-state index < -0.39 is 28.5 Å². The lowest BCUT2D eigenvalue weighted by Gasteiger charge is -2.33. The zero-order valence-electron chi connectivity index (χ0n) is 22.9. The van der Waals surface area contributed by atoms with Crippen molar-refractivity contribution in [3.8, 4) is 0 Å². The number of rotatable bonds is 12. The Balaban J connectivity index is 2.04. The highest BCUT2D eigenvalue weighted by Gasteiger charge is 2.33. The third-order valence-corrected chi connectivity index (χ3v) is 8.21. The number of hydrogen-bond acceptors (Lipinski definition) is 4. The summed E-state index contributed by atoms with van der Waals surface area (Å²) in [5.74, 6) is -0.739. The minimum Gasteiger partial charge on any atom is -0.354 e. The number of anilines is 1. The van der Waals surface area contributed by atoms with Gasteiger partial charge in [0.1, 0.15) is 12.6 Å². The van der Waals surface area contributed by atoms with Crippen molar-refractivity contribution in [3.63, 3.8) is 0 Å². The number of halogens is 1.